The van der Waals surface area contributed by atoms with Gasteiger partial charge < -0.3 is 14.6 Å². The molecule has 1 unspecified atom stereocenters. The number of halogens is 1. The summed E-state index contributed by atoms with van der Waals surface area (Å²) < 4.78 is 6.11. The lowest BCUT2D eigenvalue weighted by molar-refractivity contribution is 0.456. The zero-order valence-corrected chi connectivity index (χ0v) is 13.5. The highest BCUT2D eigenvalue weighted by molar-refractivity contribution is 6.31. The van der Waals surface area contributed by atoms with Gasteiger partial charge in [-0.3, -0.25) is 4.98 Å². The fourth-order valence-electron chi connectivity index (χ4n) is 2.95. The number of nitrogens with one attached hydrogen (secondary N) is 1. The molecule has 6 heteroatoms. The highest BCUT2D eigenvalue weighted by atomic mass is 35.5. The number of hydrogen-bond acceptors (Lipinski definition) is 5. The number of aromatic nitrogens is 2. The summed E-state index contributed by atoms with van der Waals surface area (Å²) in [5.41, 5.74) is 3.19. The number of fused-ring (bicyclic) bond motifs is 1. The van der Waals surface area contributed by atoms with Gasteiger partial charge in [-0.05, 0) is 31.2 Å². The quantitative estimate of drug-likeness (QED) is 0.782. The lowest BCUT2D eigenvalue weighted by atomic mass is 10.1. The van der Waals surface area contributed by atoms with Crippen molar-refractivity contribution >= 4 is 28.7 Å². The third-order valence-corrected chi connectivity index (χ3v) is 4.35. The number of rotatable bonds is 2. The Hall–Kier alpha value is -2.11. The van der Waals surface area contributed by atoms with Crippen molar-refractivity contribution in [1.82, 2.24) is 15.3 Å². The van der Waals surface area contributed by atoms with Gasteiger partial charge in [0.25, 0.3) is 6.01 Å². The maximum Gasteiger partial charge on any atom is 0.298 e. The number of benzene rings is 1. The van der Waals surface area contributed by atoms with Crippen LogP contribution in [0, 0.1) is 0 Å². The molecule has 0 radical (unpaired) electrons. The largest absolute Gasteiger partial charge is 0.423 e. The molecule has 118 valence electrons. The van der Waals surface area contributed by atoms with Gasteiger partial charge in [-0.15, -0.1) is 0 Å². The Labute approximate surface area is 139 Å². The molecule has 3 heterocycles. The summed E-state index contributed by atoms with van der Waals surface area (Å²) in [5, 5.41) is 4.00. The smallest absolute Gasteiger partial charge is 0.298 e. The first-order chi connectivity index (χ1) is 11.2. The zero-order chi connectivity index (χ0) is 15.8. The highest BCUT2D eigenvalue weighted by Crippen LogP contribution is 2.34. The Balaban J connectivity index is 1.85. The summed E-state index contributed by atoms with van der Waals surface area (Å²) in [7, 11) is 0. The molecule has 0 amide bonds. The number of piperazine rings is 1. The van der Waals surface area contributed by atoms with Crippen molar-refractivity contribution in [2.24, 2.45) is 0 Å². The molecule has 1 fully saturated rings. The topological polar surface area (TPSA) is 54.2 Å². The van der Waals surface area contributed by atoms with E-state index in [9.17, 15) is 0 Å². The molecule has 0 aliphatic carbocycles. The first kappa shape index (κ1) is 14.5. The third kappa shape index (κ3) is 2.66. The van der Waals surface area contributed by atoms with Crippen molar-refractivity contribution in [2.75, 3.05) is 24.5 Å². The van der Waals surface area contributed by atoms with Crippen molar-refractivity contribution in [3.63, 3.8) is 0 Å². The summed E-state index contributed by atoms with van der Waals surface area (Å²) in [6, 6.07) is 10.5. The van der Waals surface area contributed by atoms with Crippen LogP contribution in [-0.2, 0) is 0 Å². The van der Waals surface area contributed by atoms with Gasteiger partial charge in [-0.2, -0.15) is 4.98 Å². The van der Waals surface area contributed by atoms with Crippen LogP contribution in [0.3, 0.4) is 0 Å². The summed E-state index contributed by atoms with van der Waals surface area (Å²) >= 11 is 6.26. The van der Waals surface area contributed by atoms with Crippen LogP contribution < -0.4 is 10.2 Å². The Morgan fingerprint density at radius 2 is 2.26 bits per heavy atom. The molecule has 0 saturated carbocycles. The average molecular weight is 329 g/mol. The Bertz CT molecular complexity index is 833. The van der Waals surface area contributed by atoms with Crippen LogP contribution >= 0.6 is 11.6 Å². The van der Waals surface area contributed by atoms with E-state index >= 15 is 0 Å². The predicted octanol–water partition coefficient (Wildman–Crippen LogP) is 3.34. The van der Waals surface area contributed by atoms with E-state index in [0.29, 0.717) is 17.1 Å². The maximum atomic E-state index is 6.26. The van der Waals surface area contributed by atoms with Crippen LogP contribution in [0.1, 0.15) is 6.92 Å². The van der Waals surface area contributed by atoms with Crippen molar-refractivity contribution in [2.45, 2.75) is 13.0 Å². The molecule has 1 aliphatic heterocycles. The molecule has 1 aliphatic rings. The van der Waals surface area contributed by atoms with Crippen LogP contribution in [-0.4, -0.2) is 35.6 Å². The molecule has 1 saturated heterocycles. The monoisotopic (exact) mass is 328 g/mol. The molecule has 1 atom stereocenters. The lowest BCUT2D eigenvalue weighted by Gasteiger charge is -2.32. The van der Waals surface area contributed by atoms with E-state index < -0.39 is 0 Å². The highest BCUT2D eigenvalue weighted by Gasteiger charge is 2.24. The molecule has 2 aromatic heterocycles. The predicted molar refractivity (Wildman–Crippen MR) is 91.9 cm³/mol. The summed E-state index contributed by atoms with van der Waals surface area (Å²) in [6.07, 6.45) is 1.76. The molecule has 23 heavy (non-hydrogen) atoms. The van der Waals surface area contributed by atoms with Gasteiger partial charge in [0.2, 0.25) is 0 Å². The van der Waals surface area contributed by atoms with E-state index in [1.165, 1.54) is 0 Å². The van der Waals surface area contributed by atoms with E-state index in [0.717, 1.165) is 42.0 Å². The van der Waals surface area contributed by atoms with Crippen LogP contribution in [0.2, 0.25) is 5.02 Å². The molecule has 5 nitrogen and oxygen atoms in total. The van der Waals surface area contributed by atoms with E-state index in [1.807, 2.05) is 30.3 Å². The maximum absolute atomic E-state index is 6.26. The number of nitrogens with zero attached hydrogens (tertiary/aromatic N) is 3. The normalized spacial score (nSPS) is 18.5. The number of hydrogen-bond donors (Lipinski definition) is 1. The summed E-state index contributed by atoms with van der Waals surface area (Å²) in [6.45, 7) is 4.89. The number of pyridine rings is 1. The number of anilines is 1. The van der Waals surface area contributed by atoms with Crippen LogP contribution in [0.25, 0.3) is 22.4 Å². The van der Waals surface area contributed by atoms with E-state index in [-0.39, 0.29) is 0 Å². The van der Waals surface area contributed by atoms with Gasteiger partial charge in [0.1, 0.15) is 5.52 Å². The van der Waals surface area contributed by atoms with Gasteiger partial charge in [-0.25, -0.2) is 0 Å². The van der Waals surface area contributed by atoms with E-state index in [4.69, 9.17) is 16.0 Å². The first-order valence-electron chi connectivity index (χ1n) is 7.71. The zero-order valence-electron chi connectivity index (χ0n) is 12.8. The summed E-state index contributed by atoms with van der Waals surface area (Å²) in [5.74, 6) is 0. The van der Waals surface area contributed by atoms with Gasteiger partial charge >= 0.3 is 0 Å². The molecule has 3 aromatic rings. The fraction of sp³-hybridized carbons (Fsp3) is 0.294. The second kappa shape index (κ2) is 5.83. The molecular weight excluding hydrogens is 312 g/mol. The Kier molecular flexibility index (Phi) is 3.67. The van der Waals surface area contributed by atoms with E-state index in [1.54, 1.807) is 6.20 Å². The minimum Gasteiger partial charge on any atom is -0.423 e. The van der Waals surface area contributed by atoms with Crippen molar-refractivity contribution in [1.29, 1.82) is 0 Å². The van der Waals surface area contributed by atoms with Crippen LogP contribution in [0.5, 0.6) is 0 Å². The molecule has 4 rings (SSSR count). The fourth-order valence-corrected chi connectivity index (χ4v) is 3.16. The first-order valence-corrected chi connectivity index (χ1v) is 8.09. The van der Waals surface area contributed by atoms with Gasteiger partial charge in [-0.1, -0.05) is 17.7 Å². The van der Waals surface area contributed by atoms with Crippen LogP contribution in [0.4, 0.5) is 6.01 Å². The molecule has 1 N–H and O–H groups in total. The standard InChI is InChI=1S/C17H17ClN4O/c1-11-10-19-6-7-22(11)17-21-15-9-12(18)8-13(16(15)23-17)14-4-2-3-5-20-14/h2-5,8-9,11,19H,6-7,10H2,1H3. The second-order valence-corrected chi connectivity index (χ2v) is 6.20. The van der Waals surface area contributed by atoms with Crippen molar-refractivity contribution in [3.05, 3.63) is 41.6 Å². The van der Waals surface area contributed by atoms with Crippen LogP contribution in [0.15, 0.2) is 40.9 Å². The van der Waals surface area contributed by atoms with Crippen molar-refractivity contribution < 1.29 is 4.42 Å². The number of oxazole rings is 1. The molecule has 0 bridgehead atoms. The summed E-state index contributed by atoms with van der Waals surface area (Å²) in [4.78, 5) is 11.2. The Morgan fingerprint density at radius 3 is 3.04 bits per heavy atom. The second-order valence-electron chi connectivity index (χ2n) is 5.76. The van der Waals surface area contributed by atoms with Gasteiger partial charge in [0.15, 0.2) is 5.58 Å². The molecule has 1 aromatic carbocycles. The van der Waals surface area contributed by atoms with Gasteiger partial charge in [0, 0.05) is 42.5 Å². The lowest BCUT2D eigenvalue weighted by Crippen LogP contribution is -2.50. The SMILES string of the molecule is CC1CNCCN1c1nc2cc(Cl)cc(-c3ccccn3)c2o1. The van der Waals surface area contributed by atoms with Crippen molar-refractivity contribution in [3.8, 4) is 11.3 Å². The third-order valence-electron chi connectivity index (χ3n) is 4.13. The molecule has 0 spiro atoms. The van der Waals surface area contributed by atoms with Gasteiger partial charge in [0.05, 0.1) is 5.69 Å². The van der Waals surface area contributed by atoms with E-state index in [2.05, 4.69) is 27.1 Å². The minimum absolute atomic E-state index is 0.339. The minimum atomic E-state index is 0.339. The molecular formula is C17H17ClN4O. The average Bonchev–Trinajstić information content (AvgIpc) is 2.99. The Morgan fingerprint density at radius 1 is 1.35 bits per heavy atom.